The predicted molar refractivity (Wildman–Crippen MR) is 67.5 cm³/mol. The first-order chi connectivity index (χ1) is 8.28. The van der Waals surface area contributed by atoms with E-state index in [0.29, 0.717) is 6.04 Å². The van der Waals surface area contributed by atoms with Gasteiger partial charge in [-0.3, -0.25) is 0 Å². The number of hydrogen-bond donors (Lipinski definition) is 3. The van der Waals surface area contributed by atoms with Crippen LogP contribution < -0.4 is 5.32 Å². The molecule has 0 atom stereocenters. The molecule has 1 aromatic rings. The van der Waals surface area contributed by atoms with Gasteiger partial charge in [-0.05, 0) is 36.8 Å². The molecule has 0 aliphatic heterocycles. The van der Waals surface area contributed by atoms with Crippen LogP contribution in [-0.2, 0) is 13.2 Å². The molecule has 0 radical (unpaired) electrons. The fourth-order valence-electron chi connectivity index (χ4n) is 2.30. The zero-order valence-electron chi connectivity index (χ0n) is 10.1. The monoisotopic (exact) mass is 235 g/mol. The molecule has 1 saturated carbocycles. The molecule has 0 bridgehead atoms. The molecule has 0 amide bonds. The lowest BCUT2D eigenvalue weighted by Crippen LogP contribution is -2.34. The molecule has 0 spiro atoms. The second-order valence-corrected chi connectivity index (χ2v) is 4.86. The molecule has 3 heteroatoms. The van der Waals surface area contributed by atoms with Gasteiger partial charge in [-0.2, -0.15) is 0 Å². The zero-order valence-corrected chi connectivity index (χ0v) is 10.1. The maximum absolute atomic E-state index is 9.42. The number of hydrogen-bond acceptors (Lipinski definition) is 3. The Labute approximate surface area is 102 Å². The van der Waals surface area contributed by atoms with E-state index in [1.54, 1.807) is 0 Å². The summed E-state index contributed by atoms with van der Waals surface area (Å²) in [5.74, 6) is 0. The van der Waals surface area contributed by atoms with Crippen molar-refractivity contribution in [3.05, 3.63) is 35.4 Å². The third-order valence-corrected chi connectivity index (χ3v) is 3.50. The Kier molecular flexibility index (Phi) is 4.54. The summed E-state index contributed by atoms with van der Waals surface area (Å²) in [6.07, 6.45) is 3.88. The van der Waals surface area contributed by atoms with Crippen molar-refractivity contribution in [2.45, 2.75) is 51.0 Å². The first-order valence-electron chi connectivity index (χ1n) is 6.38. The van der Waals surface area contributed by atoms with Crippen LogP contribution in [0.4, 0.5) is 0 Å². The highest BCUT2D eigenvalue weighted by atomic mass is 16.3. The molecule has 2 rings (SSSR count). The second kappa shape index (κ2) is 6.15. The van der Waals surface area contributed by atoms with Crippen LogP contribution in [0.15, 0.2) is 24.3 Å². The van der Waals surface area contributed by atoms with Crippen LogP contribution in [-0.4, -0.2) is 22.4 Å². The van der Waals surface area contributed by atoms with Crippen LogP contribution in [0.2, 0.25) is 0 Å². The van der Waals surface area contributed by atoms with Crippen molar-refractivity contribution in [1.29, 1.82) is 0 Å². The maximum Gasteiger partial charge on any atom is 0.0681 e. The van der Waals surface area contributed by atoms with Gasteiger partial charge < -0.3 is 15.5 Å². The minimum absolute atomic E-state index is 0.0862. The van der Waals surface area contributed by atoms with Crippen LogP contribution in [0.5, 0.6) is 0 Å². The summed E-state index contributed by atoms with van der Waals surface area (Å²) in [5, 5.41) is 21.9. The average molecular weight is 235 g/mol. The summed E-state index contributed by atoms with van der Waals surface area (Å²) >= 11 is 0. The van der Waals surface area contributed by atoms with Gasteiger partial charge in [-0.25, -0.2) is 0 Å². The summed E-state index contributed by atoms with van der Waals surface area (Å²) in [5.41, 5.74) is 2.20. The lowest BCUT2D eigenvalue weighted by molar-refractivity contribution is 0.116. The molecule has 1 aliphatic carbocycles. The molecule has 3 nitrogen and oxygen atoms in total. The van der Waals surface area contributed by atoms with Gasteiger partial charge in [-0.1, -0.05) is 24.3 Å². The van der Waals surface area contributed by atoms with Crippen molar-refractivity contribution in [2.75, 3.05) is 0 Å². The average Bonchev–Trinajstić information content (AvgIpc) is 2.39. The Morgan fingerprint density at radius 1 is 1.00 bits per heavy atom. The second-order valence-electron chi connectivity index (χ2n) is 4.86. The Morgan fingerprint density at radius 3 is 2.18 bits per heavy atom. The summed E-state index contributed by atoms with van der Waals surface area (Å²) in [6.45, 7) is 0.973. The van der Waals surface area contributed by atoms with E-state index in [4.69, 9.17) is 5.11 Å². The van der Waals surface area contributed by atoms with E-state index in [1.807, 2.05) is 12.1 Å². The highest BCUT2D eigenvalue weighted by Crippen LogP contribution is 2.18. The third kappa shape index (κ3) is 3.80. The standard InChI is InChI=1S/C14H21NO2/c16-10-12-3-1-11(2-4-12)9-15-13-5-7-14(17)8-6-13/h1-4,13-17H,5-10H2. The SMILES string of the molecule is OCc1ccc(CNC2CCC(O)CC2)cc1. The lowest BCUT2D eigenvalue weighted by Gasteiger charge is -2.26. The van der Waals surface area contributed by atoms with E-state index in [0.717, 1.165) is 37.8 Å². The van der Waals surface area contributed by atoms with Crippen LogP contribution in [0.25, 0.3) is 0 Å². The summed E-state index contributed by atoms with van der Waals surface area (Å²) in [6, 6.07) is 8.56. The molecule has 0 saturated heterocycles. The van der Waals surface area contributed by atoms with Crippen molar-refractivity contribution in [3.63, 3.8) is 0 Å². The van der Waals surface area contributed by atoms with Crippen LogP contribution in [0.3, 0.4) is 0 Å². The van der Waals surface area contributed by atoms with E-state index in [1.165, 1.54) is 5.56 Å². The molecule has 1 aliphatic rings. The molecule has 0 heterocycles. The van der Waals surface area contributed by atoms with Crippen molar-refractivity contribution < 1.29 is 10.2 Å². The molecular formula is C14H21NO2. The minimum Gasteiger partial charge on any atom is -0.393 e. The summed E-state index contributed by atoms with van der Waals surface area (Å²) in [7, 11) is 0. The number of nitrogens with one attached hydrogen (secondary N) is 1. The van der Waals surface area contributed by atoms with E-state index in [2.05, 4.69) is 17.4 Å². The molecule has 17 heavy (non-hydrogen) atoms. The predicted octanol–water partition coefficient (Wildman–Crippen LogP) is 1.57. The molecule has 1 aromatic carbocycles. The van der Waals surface area contributed by atoms with Gasteiger partial charge in [0.15, 0.2) is 0 Å². The molecule has 94 valence electrons. The summed E-state index contributed by atoms with van der Waals surface area (Å²) < 4.78 is 0. The highest BCUT2D eigenvalue weighted by molar-refractivity contribution is 5.21. The number of rotatable bonds is 4. The van der Waals surface area contributed by atoms with Gasteiger partial charge in [0.05, 0.1) is 12.7 Å². The number of benzene rings is 1. The maximum atomic E-state index is 9.42. The topological polar surface area (TPSA) is 52.5 Å². The molecular weight excluding hydrogens is 214 g/mol. The third-order valence-electron chi connectivity index (χ3n) is 3.50. The zero-order chi connectivity index (χ0) is 12.1. The Hall–Kier alpha value is -0.900. The van der Waals surface area contributed by atoms with Crippen LogP contribution >= 0.6 is 0 Å². The van der Waals surface area contributed by atoms with Gasteiger partial charge in [0, 0.05) is 12.6 Å². The summed E-state index contributed by atoms with van der Waals surface area (Å²) in [4.78, 5) is 0. The van der Waals surface area contributed by atoms with Gasteiger partial charge in [0.1, 0.15) is 0 Å². The number of aliphatic hydroxyl groups is 2. The fourth-order valence-corrected chi connectivity index (χ4v) is 2.30. The van der Waals surface area contributed by atoms with E-state index < -0.39 is 0 Å². The van der Waals surface area contributed by atoms with Crippen LogP contribution in [0.1, 0.15) is 36.8 Å². The quantitative estimate of drug-likeness (QED) is 0.742. The highest BCUT2D eigenvalue weighted by Gasteiger charge is 2.18. The molecule has 0 aromatic heterocycles. The fraction of sp³-hybridized carbons (Fsp3) is 0.571. The van der Waals surface area contributed by atoms with Gasteiger partial charge in [0.25, 0.3) is 0 Å². The molecule has 1 fully saturated rings. The molecule has 3 N–H and O–H groups in total. The Morgan fingerprint density at radius 2 is 1.59 bits per heavy atom. The van der Waals surface area contributed by atoms with Crippen molar-refractivity contribution in [1.82, 2.24) is 5.32 Å². The number of aliphatic hydroxyl groups excluding tert-OH is 2. The van der Waals surface area contributed by atoms with Crippen LogP contribution in [0, 0.1) is 0 Å². The van der Waals surface area contributed by atoms with E-state index in [9.17, 15) is 5.11 Å². The molecule has 0 unspecified atom stereocenters. The normalized spacial score (nSPS) is 24.8. The Bertz CT molecular complexity index is 329. The minimum atomic E-state index is -0.0862. The van der Waals surface area contributed by atoms with Gasteiger partial charge in [-0.15, -0.1) is 0 Å². The van der Waals surface area contributed by atoms with Crippen molar-refractivity contribution >= 4 is 0 Å². The lowest BCUT2D eigenvalue weighted by atomic mass is 9.93. The van der Waals surface area contributed by atoms with E-state index in [-0.39, 0.29) is 12.7 Å². The van der Waals surface area contributed by atoms with Crippen molar-refractivity contribution in [3.8, 4) is 0 Å². The van der Waals surface area contributed by atoms with Gasteiger partial charge in [0.2, 0.25) is 0 Å². The van der Waals surface area contributed by atoms with Gasteiger partial charge >= 0.3 is 0 Å². The largest absolute Gasteiger partial charge is 0.393 e. The smallest absolute Gasteiger partial charge is 0.0681 e. The van der Waals surface area contributed by atoms with Crippen molar-refractivity contribution in [2.24, 2.45) is 0 Å². The first-order valence-corrected chi connectivity index (χ1v) is 6.38. The first kappa shape index (κ1) is 12.6. The Balaban J connectivity index is 1.77. The van der Waals surface area contributed by atoms with E-state index >= 15 is 0 Å².